The Bertz CT molecular complexity index is 1400. The maximum Gasteiger partial charge on any atom is 0.119 e. The minimum Gasteiger partial charge on any atom is -0.492 e. The Morgan fingerprint density at radius 1 is 1.00 bits per heavy atom. The molecular formula is C31H36N6O. The number of benzene rings is 2. The lowest BCUT2D eigenvalue weighted by Gasteiger charge is -2.34. The molecule has 1 saturated heterocycles. The molecule has 196 valence electrons. The van der Waals surface area contributed by atoms with E-state index in [-0.39, 0.29) is 0 Å². The molecule has 1 fully saturated rings. The van der Waals surface area contributed by atoms with Gasteiger partial charge < -0.3 is 19.9 Å². The molecular weight excluding hydrogens is 472 g/mol. The van der Waals surface area contributed by atoms with Crippen LogP contribution in [0.3, 0.4) is 0 Å². The zero-order valence-electron chi connectivity index (χ0n) is 22.3. The normalized spacial score (nSPS) is 14.4. The number of aromatic nitrogens is 2. The lowest BCUT2D eigenvalue weighted by Crippen LogP contribution is -2.47. The number of unbranched alkanes of at least 4 members (excludes halogenated alkanes) is 1. The van der Waals surface area contributed by atoms with E-state index < -0.39 is 0 Å². The van der Waals surface area contributed by atoms with Gasteiger partial charge in [-0.2, -0.15) is 5.26 Å². The molecule has 38 heavy (non-hydrogen) atoms. The molecule has 0 unspecified atom stereocenters. The van der Waals surface area contributed by atoms with Crippen LogP contribution >= 0.6 is 0 Å². The van der Waals surface area contributed by atoms with Crippen LogP contribution in [0.5, 0.6) is 5.75 Å². The van der Waals surface area contributed by atoms with Gasteiger partial charge >= 0.3 is 0 Å². The minimum absolute atomic E-state index is 0.506. The molecule has 1 aliphatic heterocycles. The number of aromatic amines is 1. The van der Waals surface area contributed by atoms with Crippen LogP contribution in [-0.2, 0) is 0 Å². The Labute approximate surface area is 225 Å². The summed E-state index contributed by atoms with van der Waals surface area (Å²) in [6, 6.07) is 16.5. The predicted octanol–water partition coefficient (Wildman–Crippen LogP) is 5.95. The number of hydrogen-bond acceptors (Lipinski definition) is 6. The Morgan fingerprint density at radius 2 is 1.76 bits per heavy atom. The van der Waals surface area contributed by atoms with Crippen molar-refractivity contribution in [2.45, 2.75) is 26.7 Å². The van der Waals surface area contributed by atoms with Gasteiger partial charge in [-0.1, -0.05) is 25.5 Å². The van der Waals surface area contributed by atoms with Gasteiger partial charge in [0.15, 0.2) is 0 Å². The van der Waals surface area contributed by atoms with E-state index in [4.69, 9.17) is 4.74 Å². The Kier molecular flexibility index (Phi) is 8.22. The van der Waals surface area contributed by atoms with Crippen LogP contribution in [0, 0.1) is 18.3 Å². The summed E-state index contributed by atoms with van der Waals surface area (Å²) in [4.78, 5) is 12.6. The van der Waals surface area contributed by atoms with E-state index in [0.717, 1.165) is 77.4 Å². The molecule has 0 radical (unpaired) electrons. The third-order valence-electron chi connectivity index (χ3n) is 7.46. The molecule has 4 aromatic rings. The van der Waals surface area contributed by atoms with E-state index in [0.29, 0.717) is 12.2 Å². The molecule has 5 rings (SSSR count). The number of H-pyrrole nitrogens is 1. The maximum absolute atomic E-state index is 9.82. The number of nitrogens with zero attached hydrogens (tertiary/aromatic N) is 4. The summed E-state index contributed by atoms with van der Waals surface area (Å²) in [5.74, 6) is 0.850. The molecule has 3 heterocycles. The fourth-order valence-corrected chi connectivity index (χ4v) is 5.09. The molecule has 2 aromatic heterocycles. The van der Waals surface area contributed by atoms with Crippen LogP contribution in [0.4, 0.5) is 11.4 Å². The largest absolute Gasteiger partial charge is 0.492 e. The number of rotatable bonds is 10. The molecule has 1 aliphatic rings. The van der Waals surface area contributed by atoms with Gasteiger partial charge in [0.1, 0.15) is 18.4 Å². The Balaban J connectivity index is 1.24. The second-order valence-corrected chi connectivity index (χ2v) is 9.93. The molecule has 7 heteroatoms. The zero-order chi connectivity index (χ0) is 26.3. The van der Waals surface area contributed by atoms with Crippen LogP contribution < -0.4 is 10.1 Å². The van der Waals surface area contributed by atoms with Gasteiger partial charge in [-0.05, 0) is 61.3 Å². The van der Waals surface area contributed by atoms with Crippen LogP contribution in [0.15, 0.2) is 61.1 Å². The van der Waals surface area contributed by atoms with Crippen molar-refractivity contribution < 1.29 is 4.74 Å². The highest BCUT2D eigenvalue weighted by molar-refractivity contribution is 5.91. The van der Waals surface area contributed by atoms with Crippen molar-refractivity contribution in [2.24, 2.45) is 0 Å². The van der Waals surface area contributed by atoms with Gasteiger partial charge in [0.2, 0.25) is 0 Å². The Hall–Kier alpha value is -3.86. The maximum atomic E-state index is 9.82. The third kappa shape index (κ3) is 5.83. The number of nitrogens with one attached hydrogen (secondary N) is 2. The van der Waals surface area contributed by atoms with Gasteiger partial charge in [0, 0.05) is 73.5 Å². The van der Waals surface area contributed by atoms with Crippen molar-refractivity contribution in [1.82, 2.24) is 19.8 Å². The highest BCUT2D eigenvalue weighted by Gasteiger charge is 2.17. The summed E-state index contributed by atoms with van der Waals surface area (Å²) in [6.07, 6.45) is 7.91. The number of fused-ring (bicyclic) bond motifs is 1. The highest BCUT2D eigenvalue weighted by Crippen LogP contribution is 2.35. The van der Waals surface area contributed by atoms with Crippen molar-refractivity contribution in [1.29, 1.82) is 5.26 Å². The number of hydrogen-bond donors (Lipinski definition) is 2. The standard InChI is InChI=1S/C31H36N6O/c1-3-4-13-36-14-16-37(17-15-36)18-19-38-26-7-5-24(6-8-26)28-22-33-21-25(20-32)31(28)35-29-9-10-30-27(23(29)2)11-12-34-30/h5-12,21-22,34H,3-4,13-19H2,1-2H3,(H,33,35). The first-order valence-electron chi connectivity index (χ1n) is 13.6. The number of pyridine rings is 1. The summed E-state index contributed by atoms with van der Waals surface area (Å²) in [5, 5.41) is 14.5. The molecule has 0 amide bonds. The van der Waals surface area contributed by atoms with E-state index in [2.05, 4.69) is 57.1 Å². The first kappa shape index (κ1) is 25.8. The number of nitriles is 1. The van der Waals surface area contributed by atoms with Crippen molar-refractivity contribution in [2.75, 3.05) is 51.2 Å². The molecule has 7 nitrogen and oxygen atoms in total. The Morgan fingerprint density at radius 3 is 2.50 bits per heavy atom. The predicted molar refractivity (Wildman–Crippen MR) is 154 cm³/mol. The molecule has 2 aromatic carbocycles. The first-order chi connectivity index (χ1) is 18.7. The molecule has 0 aliphatic carbocycles. The monoisotopic (exact) mass is 508 g/mol. The number of anilines is 2. The second-order valence-electron chi connectivity index (χ2n) is 9.93. The summed E-state index contributed by atoms with van der Waals surface area (Å²) < 4.78 is 6.07. The van der Waals surface area contributed by atoms with Gasteiger partial charge in [-0.15, -0.1) is 0 Å². The summed E-state index contributed by atoms with van der Waals surface area (Å²) in [7, 11) is 0. The quantitative estimate of drug-likeness (QED) is 0.276. The summed E-state index contributed by atoms with van der Waals surface area (Å²) >= 11 is 0. The molecule has 0 atom stereocenters. The molecule has 0 bridgehead atoms. The first-order valence-corrected chi connectivity index (χ1v) is 13.6. The zero-order valence-corrected chi connectivity index (χ0v) is 22.3. The van der Waals surface area contributed by atoms with Gasteiger partial charge in [-0.3, -0.25) is 9.88 Å². The molecule has 2 N–H and O–H groups in total. The number of piperazine rings is 1. The minimum atomic E-state index is 0.506. The highest BCUT2D eigenvalue weighted by atomic mass is 16.5. The van der Waals surface area contributed by atoms with Gasteiger partial charge in [-0.25, -0.2) is 0 Å². The van der Waals surface area contributed by atoms with Crippen molar-refractivity contribution in [3.63, 3.8) is 0 Å². The summed E-state index contributed by atoms with van der Waals surface area (Å²) in [6.45, 7) is 11.7. The van der Waals surface area contributed by atoms with Crippen LogP contribution in [0.1, 0.15) is 30.9 Å². The van der Waals surface area contributed by atoms with E-state index in [1.165, 1.54) is 19.4 Å². The number of aryl methyl sites for hydroxylation is 1. The van der Waals surface area contributed by atoms with E-state index in [1.54, 1.807) is 6.20 Å². The lowest BCUT2D eigenvalue weighted by molar-refractivity contribution is 0.116. The van der Waals surface area contributed by atoms with Crippen molar-refractivity contribution in [3.05, 3.63) is 72.2 Å². The third-order valence-corrected chi connectivity index (χ3v) is 7.46. The van der Waals surface area contributed by atoms with E-state index in [9.17, 15) is 5.26 Å². The van der Waals surface area contributed by atoms with E-state index >= 15 is 0 Å². The molecule has 0 spiro atoms. The second kappa shape index (κ2) is 12.1. The number of ether oxygens (including phenoxy) is 1. The van der Waals surface area contributed by atoms with Gasteiger partial charge in [0.05, 0.1) is 11.3 Å². The molecule has 0 saturated carbocycles. The topological polar surface area (TPSA) is 80.2 Å². The smallest absolute Gasteiger partial charge is 0.119 e. The summed E-state index contributed by atoms with van der Waals surface area (Å²) in [5.41, 5.74) is 6.30. The van der Waals surface area contributed by atoms with Gasteiger partial charge in [0.25, 0.3) is 0 Å². The fourth-order valence-electron chi connectivity index (χ4n) is 5.09. The van der Waals surface area contributed by atoms with Crippen molar-refractivity contribution >= 4 is 22.3 Å². The van der Waals surface area contributed by atoms with Crippen molar-refractivity contribution in [3.8, 4) is 22.9 Å². The van der Waals surface area contributed by atoms with Crippen LogP contribution in [0.25, 0.3) is 22.0 Å². The average Bonchev–Trinajstić information content (AvgIpc) is 3.44. The van der Waals surface area contributed by atoms with Crippen LogP contribution in [-0.4, -0.2) is 65.6 Å². The van der Waals surface area contributed by atoms with E-state index in [1.807, 2.05) is 42.7 Å². The fraction of sp³-hybridized carbons (Fsp3) is 0.355. The average molecular weight is 509 g/mol. The van der Waals surface area contributed by atoms with Crippen LogP contribution in [0.2, 0.25) is 0 Å². The lowest BCUT2D eigenvalue weighted by atomic mass is 10.0. The SMILES string of the molecule is CCCCN1CCN(CCOc2ccc(-c3cncc(C#N)c3Nc3ccc4[nH]ccc4c3C)cc2)CC1.